The highest BCUT2D eigenvalue weighted by atomic mass is 19.2. The molecule has 0 aliphatic heterocycles. The van der Waals surface area contributed by atoms with Crippen molar-refractivity contribution in [2.75, 3.05) is 5.73 Å². The zero-order valence-corrected chi connectivity index (χ0v) is 8.50. The van der Waals surface area contributed by atoms with E-state index >= 15 is 0 Å². The van der Waals surface area contributed by atoms with Crippen molar-refractivity contribution in [3.63, 3.8) is 0 Å². The van der Waals surface area contributed by atoms with Gasteiger partial charge in [0.25, 0.3) is 0 Å². The van der Waals surface area contributed by atoms with Crippen molar-refractivity contribution in [3.05, 3.63) is 41.5 Å². The number of anilines is 1. The summed E-state index contributed by atoms with van der Waals surface area (Å²) >= 11 is 0. The van der Waals surface area contributed by atoms with E-state index in [0.717, 1.165) is 12.1 Å². The van der Waals surface area contributed by atoms with Crippen molar-refractivity contribution in [1.29, 1.82) is 0 Å². The van der Waals surface area contributed by atoms with Crippen molar-refractivity contribution in [2.24, 2.45) is 0 Å². The molecule has 0 atom stereocenters. The van der Waals surface area contributed by atoms with Crippen LogP contribution in [0.25, 0.3) is 11.3 Å². The van der Waals surface area contributed by atoms with Gasteiger partial charge in [-0.1, -0.05) is 0 Å². The summed E-state index contributed by atoms with van der Waals surface area (Å²) in [5, 5.41) is 8.79. The van der Waals surface area contributed by atoms with Gasteiger partial charge in [-0.3, -0.25) is 0 Å². The average Bonchev–Trinajstić information content (AvgIpc) is 2.64. The lowest BCUT2D eigenvalue weighted by atomic mass is 10.1. The maximum absolute atomic E-state index is 13.0. The van der Waals surface area contributed by atoms with Crippen LogP contribution in [0.15, 0.2) is 24.3 Å². The van der Waals surface area contributed by atoms with Gasteiger partial charge in [0.2, 0.25) is 0 Å². The number of hydrogen-bond acceptors (Lipinski definition) is 2. The minimum absolute atomic E-state index is 0.0303. The number of aromatic nitrogens is 1. The topological polar surface area (TPSA) is 79.1 Å². The Hall–Kier alpha value is -2.37. The standard InChI is InChI=1S/C11H8F2N2O2/c12-7-2-1-5(3-8(7)13)9-4-6(11(16)17)10(14)15-9/h1-4,15H,14H2,(H,16,17). The summed E-state index contributed by atoms with van der Waals surface area (Å²) in [6.07, 6.45) is 0. The number of benzene rings is 1. The molecule has 2 rings (SSSR count). The van der Waals surface area contributed by atoms with Gasteiger partial charge in [0.15, 0.2) is 11.6 Å². The molecular weight excluding hydrogens is 230 g/mol. The van der Waals surface area contributed by atoms with E-state index in [-0.39, 0.29) is 11.4 Å². The Morgan fingerprint density at radius 2 is 1.94 bits per heavy atom. The summed E-state index contributed by atoms with van der Waals surface area (Å²) < 4.78 is 25.7. The van der Waals surface area contributed by atoms with Gasteiger partial charge in [0.05, 0.1) is 0 Å². The van der Waals surface area contributed by atoms with Gasteiger partial charge in [-0.05, 0) is 24.3 Å². The number of halogens is 2. The van der Waals surface area contributed by atoms with Crippen LogP contribution in [-0.4, -0.2) is 16.1 Å². The quantitative estimate of drug-likeness (QED) is 0.750. The summed E-state index contributed by atoms with van der Waals surface area (Å²) in [6, 6.07) is 4.52. The van der Waals surface area contributed by atoms with Crippen LogP contribution in [0.1, 0.15) is 10.4 Å². The Labute approximate surface area is 94.7 Å². The molecule has 0 saturated heterocycles. The van der Waals surface area contributed by atoms with Crippen molar-refractivity contribution >= 4 is 11.8 Å². The number of aromatic carboxylic acids is 1. The third kappa shape index (κ3) is 1.96. The predicted octanol–water partition coefficient (Wildman–Crippen LogP) is 2.24. The summed E-state index contributed by atoms with van der Waals surface area (Å²) in [4.78, 5) is 13.4. The number of carbonyl (C=O) groups is 1. The molecule has 0 spiro atoms. The van der Waals surface area contributed by atoms with Crippen LogP contribution in [-0.2, 0) is 0 Å². The lowest BCUT2D eigenvalue weighted by Crippen LogP contribution is -1.98. The largest absolute Gasteiger partial charge is 0.478 e. The molecule has 0 aliphatic carbocycles. The zero-order chi connectivity index (χ0) is 12.6. The number of carboxylic acids is 1. The molecule has 6 heteroatoms. The van der Waals surface area contributed by atoms with Gasteiger partial charge >= 0.3 is 5.97 Å². The lowest BCUT2D eigenvalue weighted by Gasteiger charge is -1.98. The van der Waals surface area contributed by atoms with Gasteiger partial charge < -0.3 is 15.8 Å². The first-order chi connectivity index (χ1) is 7.99. The second-order valence-electron chi connectivity index (χ2n) is 3.44. The van der Waals surface area contributed by atoms with E-state index < -0.39 is 17.6 Å². The Morgan fingerprint density at radius 1 is 1.24 bits per heavy atom. The molecule has 0 unspecified atom stereocenters. The van der Waals surface area contributed by atoms with Crippen molar-refractivity contribution in [2.45, 2.75) is 0 Å². The molecule has 0 fully saturated rings. The zero-order valence-electron chi connectivity index (χ0n) is 8.50. The molecule has 88 valence electrons. The maximum atomic E-state index is 13.0. The molecule has 1 heterocycles. The molecule has 0 bridgehead atoms. The molecule has 0 aliphatic rings. The number of rotatable bonds is 2. The van der Waals surface area contributed by atoms with Gasteiger partial charge in [0, 0.05) is 11.3 Å². The van der Waals surface area contributed by atoms with E-state index in [4.69, 9.17) is 10.8 Å². The van der Waals surface area contributed by atoms with E-state index in [2.05, 4.69) is 4.98 Å². The van der Waals surface area contributed by atoms with Crippen LogP contribution in [0.4, 0.5) is 14.6 Å². The first-order valence-corrected chi connectivity index (χ1v) is 4.66. The number of nitrogens with one attached hydrogen (secondary N) is 1. The Balaban J connectivity index is 2.50. The van der Waals surface area contributed by atoms with Crippen LogP contribution >= 0.6 is 0 Å². The minimum Gasteiger partial charge on any atom is -0.478 e. The van der Waals surface area contributed by atoms with E-state index in [0.29, 0.717) is 11.3 Å². The lowest BCUT2D eigenvalue weighted by molar-refractivity contribution is 0.0698. The van der Waals surface area contributed by atoms with Crippen molar-refractivity contribution < 1.29 is 18.7 Å². The van der Waals surface area contributed by atoms with Crippen LogP contribution in [0.5, 0.6) is 0 Å². The second-order valence-corrected chi connectivity index (χ2v) is 3.44. The van der Waals surface area contributed by atoms with Crippen LogP contribution in [0.3, 0.4) is 0 Å². The number of nitrogens with two attached hydrogens (primary N) is 1. The average molecular weight is 238 g/mol. The van der Waals surface area contributed by atoms with Crippen molar-refractivity contribution in [1.82, 2.24) is 4.98 Å². The van der Waals surface area contributed by atoms with E-state index in [1.807, 2.05) is 0 Å². The van der Waals surface area contributed by atoms with Gasteiger partial charge in [-0.2, -0.15) is 0 Å². The second kappa shape index (κ2) is 3.89. The fraction of sp³-hybridized carbons (Fsp3) is 0. The highest BCUT2D eigenvalue weighted by Gasteiger charge is 2.14. The fourth-order valence-corrected chi connectivity index (χ4v) is 1.47. The molecule has 0 radical (unpaired) electrons. The summed E-state index contributed by atoms with van der Waals surface area (Å²) in [5.41, 5.74) is 5.98. The smallest absolute Gasteiger partial charge is 0.339 e. The van der Waals surface area contributed by atoms with E-state index in [1.54, 1.807) is 0 Å². The van der Waals surface area contributed by atoms with E-state index in [1.165, 1.54) is 12.1 Å². The van der Waals surface area contributed by atoms with Crippen LogP contribution in [0, 0.1) is 11.6 Å². The SMILES string of the molecule is Nc1[nH]c(-c2ccc(F)c(F)c2)cc1C(=O)O. The third-order valence-corrected chi connectivity index (χ3v) is 2.31. The van der Waals surface area contributed by atoms with E-state index in [9.17, 15) is 13.6 Å². The number of nitrogen functional groups attached to an aromatic ring is 1. The Morgan fingerprint density at radius 3 is 2.47 bits per heavy atom. The van der Waals surface area contributed by atoms with Crippen LogP contribution < -0.4 is 5.73 Å². The maximum Gasteiger partial charge on any atom is 0.339 e. The highest BCUT2D eigenvalue weighted by molar-refractivity contribution is 5.94. The molecule has 4 N–H and O–H groups in total. The van der Waals surface area contributed by atoms with Gasteiger partial charge in [-0.25, -0.2) is 13.6 Å². The predicted molar refractivity (Wildman–Crippen MR) is 57.5 cm³/mol. The summed E-state index contributed by atoms with van der Waals surface area (Å²) in [6.45, 7) is 0. The molecule has 4 nitrogen and oxygen atoms in total. The monoisotopic (exact) mass is 238 g/mol. The fourth-order valence-electron chi connectivity index (χ4n) is 1.47. The van der Waals surface area contributed by atoms with Crippen molar-refractivity contribution in [3.8, 4) is 11.3 Å². The number of carboxylic acid groups (broad SMARTS) is 1. The molecule has 0 amide bonds. The molecule has 1 aromatic carbocycles. The summed E-state index contributed by atoms with van der Waals surface area (Å²) in [7, 11) is 0. The third-order valence-electron chi connectivity index (χ3n) is 2.31. The Kier molecular flexibility index (Phi) is 2.55. The molecule has 2 aromatic rings. The molecule has 0 saturated carbocycles. The molecule has 17 heavy (non-hydrogen) atoms. The molecular formula is C11H8F2N2O2. The Bertz CT molecular complexity index is 593. The number of H-pyrrole nitrogens is 1. The first kappa shape index (κ1) is 11.1. The first-order valence-electron chi connectivity index (χ1n) is 4.66. The normalized spacial score (nSPS) is 10.5. The minimum atomic E-state index is -1.19. The number of hydrogen-bond donors (Lipinski definition) is 3. The molecule has 1 aromatic heterocycles. The summed E-state index contributed by atoms with van der Waals surface area (Å²) in [5.74, 6) is -3.19. The number of aromatic amines is 1. The van der Waals surface area contributed by atoms with Crippen LogP contribution in [0.2, 0.25) is 0 Å². The van der Waals surface area contributed by atoms with Gasteiger partial charge in [0.1, 0.15) is 11.4 Å². The highest BCUT2D eigenvalue weighted by Crippen LogP contribution is 2.24. The van der Waals surface area contributed by atoms with Gasteiger partial charge in [-0.15, -0.1) is 0 Å².